The number of hydrogen-bond donors (Lipinski definition) is 3. The van der Waals surface area contributed by atoms with Gasteiger partial charge >= 0.3 is 48.1 Å². The van der Waals surface area contributed by atoms with Gasteiger partial charge in [-0.2, -0.15) is 8.42 Å². The molecule has 0 fully saturated rings. The van der Waals surface area contributed by atoms with Gasteiger partial charge in [0.1, 0.15) is 0 Å². The number of rotatable bonds is 0. The summed E-state index contributed by atoms with van der Waals surface area (Å²) in [6.45, 7) is 0. The van der Waals surface area contributed by atoms with E-state index in [1.807, 2.05) is 0 Å². The summed E-state index contributed by atoms with van der Waals surface area (Å²) in [4.78, 5) is 0. The van der Waals surface area contributed by atoms with Crippen LogP contribution in [-0.4, -0.2) is 55.3 Å². The molecule has 0 bridgehead atoms. The van der Waals surface area contributed by atoms with E-state index < -0.39 is 10.4 Å². The Morgan fingerprint density at radius 3 is 1.29 bits per heavy atom. The normalized spacial score (nSPS) is 8.29. The molecule has 0 heterocycles. The van der Waals surface area contributed by atoms with Gasteiger partial charge in [-0.25, -0.2) is 0 Å². The summed E-state index contributed by atoms with van der Waals surface area (Å²) in [7, 11) is -4.67. The van der Waals surface area contributed by atoms with Gasteiger partial charge in [-0.3, -0.25) is 9.11 Å². The van der Waals surface area contributed by atoms with Crippen LogP contribution in [0.2, 0.25) is 0 Å². The first-order chi connectivity index (χ1) is 2.00. The molecule has 0 aromatic rings. The van der Waals surface area contributed by atoms with Crippen molar-refractivity contribution in [1.29, 1.82) is 0 Å². The molecule has 0 aliphatic heterocycles. The molecule has 7 heteroatoms. The summed E-state index contributed by atoms with van der Waals surface area (Å²) in [5, 5.41) is 0. The quantitative estimate of drug-likeness (QED) is 0.320. The summed E-state index contributed by atoms with van der Waals surface area (Å²) < 4.78 is 31.6. The zero-order valence-corrected chi connectivity index (χ0v) is 6.56. The van der Waals surface area contributed by atoms with Crippen molar-refractivity contribution < 1.29 is 20.4 Å². The summed E-state index contributed by atoms with van der Waals surface area (Å²) in [6, 6.07) is 0. The zero-order valence-electron chi connectivity index (χ0n) is 5.53. The van der Waals surface area contributed by atoms with E-state index in [9.17, 15) is 0 Å². The first-order valence-electron chi connectivity index (χ1n) is 0.698. The molecule has 0 aromatic heterocycles. The minimum atomic E-state index is -4.67. The van der Waals surface area contributed by atoms with Gasteiger partial charge in [0.15, 0.2) is 0 Å². The molecule has 44 valence electrons. The van der Waals surface area contributed by atoms with Gasteiger partial charge in [-0.05, 0) is 0 Å². The van der Waals surface area contributed by atoms with E-state index in [1.165, 1.54) is 0 Å². The van der Waals surface area contributed by atoms with Crippen LogP contribution < -0.4 is 6.15 Å². The summed E-state index contributed by atoms with van der Waals surface area (Å²) in [5.41, 5.74) is 0. The minimum Gasteiger partial charge on any atom is -1.00 e. The van der Waals surface area contributed by atoms with Crippen molar-refractivity contribution in [2.45, 2.75) is 0 Å². The third-order valence-corrected chi connectivity index (χ3v) is 0. The van der Waals surface area contributed by atoms with Gasteiger partial charge in [-0.1, -0.05) is 0 Å². The third kappa shape index (κ3) is 155. The molecule has 0 saturated carbocycles. The van der Waals surface area contributed by atoms with Gasteiger partial charge in [0, 0.05) is 0 Å². The average molecular weight is 157 g/mol. The summed E-state index contributed by atoms with van der Waals surface area (Å²) in [6.07, 6.45) is 0. The van der Waals surface area contributed by atoms with Gasteiger partial charge in [0.25, 0.3) is 0 Å². The van der Waals surface area contributed by atoms with E-state index >= 15 is 0 Å². The Bertz CT molecular complexity index is 102. The van der Waals surface area contributed by atoms with Crippen molar-refractivity contribution in [1.82, 2.24) is 6.15 Å². The first-order valence-corrected chi connectivity index (χ1v) is 2.10. The molecule has 0 aliphatic rings. The van der Waals surface area contributed by atoms with Crippen molar-refractivity contribution in [3.8, 4) is 0 Å². The largest absolute Gasteiger partial charge is 2.00 e. The van der Waals surface area contributed by atoms with E-state index in [-0.39, 0.29) is 46.7 Å². The van der Waals surface area contributed by atoms with Gasteiger partial charge in [0.05, 0.1) is 0 Å². The minimum absolute atomic E-state index is 0. The Labute approximate surface area is 74.2 Å². The molecule has 7 heavy (non-hydrogen) atoms. The Balaban J connectivity index is -0.0000000133. The van der Waals surface area contributed by atoms with Crippen LogP contribution in [0.1, 0.15) is 2.85 Å². The second-order valence-corrected chi connectivity index (χ2v) is 1.34. The molecule has 0 rings (SSSR count). The zero-order chi connectivity index (χ0) is 4.50. The van der Waals surface area contributed by atoms with E-state index in [0.717, 1.165) is 0 Å². The summed E-state index contributed by atoms with van der Waals surface area (Å²) >= 11 is 0. The maximum Gasteiger partial charge on any atom is 2.00 e. The molecule has 0 saturated heterocycles. The topological polar surface area (TPSA) is 110 Å². The fourth-order valence-corrected chi connectivity index (χ4v) is 0. The van der Waals surface area contributed by atoms with Crippen molar-refractivity contribution >= 4 is 48.1 Å². The first kappa shape index (κ1) is 15.7. The predicted molar refractivity (Wildman–Crippen MR) is 27.2 cm³/mol. The van der Waals surface area contributed by atoms with E-state index in [1.54, 1.807) is 0 Å². The Kier molecular flexibility index (Phi) is 11.7. The molecule has 0 aliphatic carbocycles. The van der Waals surface area contributed by atoms with Crippen LogP contribution in [0.15, 0.2) is 0 Å². The SMILES string of the molecule is N.O=S(=O)(O)O.[Ca+2].[H-].[H-]. The Morgan fingerprint density at radius 2 is 1.29 bits per heavy atom. The monoisotopic (exact) mass is 157 g/mol. The predicted octanol–water partition coefficient (Wildman–Crippen LogP) is -0.647. The maximum atomic E-state index is 8.74. The van der Waals surface area contributed by atoms with Crippen LogP contribution in [-0.2, 0) is 10.4 Å². The number of hydrogen-bond acceptors (Lipinski definition) is 3. The Hall–Kier alpha value is 1.09. The van der Waals surface area contributed by atoms with Crippen LogP contribution in [0.3, 0.4) is 0 Å². The van der Waals surface area contributed by atoms with Crippen molar-refractivity contribution in [2.75, 3.05) is 0 Å². The summed E-state index contributed by atoms with van der Waals surface area (Å²) in [5.74, 6) is 0. The van der Waals surface area contributed by atoms with Crippen molar-refractivity contribution in [3.63, 3.8) is 0 Å². The second-order valence-electron chi connectivity index (χ2n) is 0.448. The smallest absolute Gasteiger partial charge is 1.00 e. The van der Waals surface area contributed by atoms with Crippen LogP contribution in [0.25, 0.3) is 0 Å². The molecule has 0 spiro atoms. The molecule has 0 radical (unpaired) electrons. The average Bonchev–Trinajstić information content (AvgIpc) is 0.722. The molecule has 0 aromatic carbocycles. The standard InChI is InChI=1S/Ca.H3N.H2O4S.2H/c;;1-5(2,3)4;;/h;1H3;(H2,1,2,3,4);;/q+2;;;2*-1. The second kappa shape index (κ2) is 5.23. The van der Waals surface area contributed by atoms with Gasteiger partial charge in [0.2, 0.25) is 0 Å². The molecule has 5 N–H and O–H groups in total. The third-order valence-electron chi connectivity index (χ3n) is 0. The van der Waals surface area contributed by atoms with Gasteiger partial charge in [-0.15, -0.1) is 0 Å². The molecular weight excluding hydrogens is 150 g/mol. The molecule has 0 amide bonds. The fourth-order valence-electron chi connectivity index (χ4n) is 0. The molecule has 0 atom stereocenters. The fraction of sp³-hybridized carbons (Fsp3) is 0. The molecular formula is H7CaNO4S. The van der Waals surface area contributed by atoms with E-state index in [2.05, 4.69) is 0 Å². The Morgan fingerprint density at radius 1 is 1.29 bits per heavy atom. The van der Waals surface area contributed by atoms with E-state index in [4.69, 9.17) is 17.5 Å². The van der Waals surface area contributed by atoms with Gasteiger partial charge < -0.3 is 9.00 Å². The van der Waals surface area contributed by atoms with Crippen LogP contribution in [0.5, 0.6) is 0 Å². The van der Waals surface area contributed by atoms with Crippen molar-refractivity contribution in [3.05, 3.63) is 0 Å². The molecule has 0 unspecified atom stereocenters. The van der Waals surface area contributed by atoms with Crippen LogP contribution in [0, 0.1) is 0 Å². The maximum absolute atomic E-state index is 8.74. The van der Waals surface area contributed by atoms with E-state index in [0.29, 0.717) is 0 Å². The van der Waals surface area contributed by atoms with Crippen molar-refractivity contribution in [2.24, 2.45) is 0 Å². The molecule has 5 nitrogen and oxygen atoms in total. The van der Waals surface area contributed by atoms with Crippen LogP contribution >= 0.6 is 0 Å². The van der Waals surface area contributed by atoms with Crippen LogP contribution in [0.4, 0.5) is 0 Å².